The van der Waals surface area contributed by atoms with Crippen molar-refractivity contribution in [2.45, 2.75) is 26.8 Å². The van der Waals surface area contributed by atoms with Crippen LogP contribution in [0.2, 0.25) is 0 Å². The summed E-state index contributed by atoms with van der Waals surface area (Å²) in [5.74, 6) is 0.211. The molecule has 0 amide bonds. The molecule has 0 fully saturated rings. The van der Waals surface area contributed by atoms with Crippen LogP contribution in [-0.4, -0.2) is 24.3 Å². The van der Waals surface area contributed by atoms with Crippen LogP contribution in [0.1, 0.15) is 36.6 Å². The SMILES string of the molecule is CCOC(=O)C1=C(C)N=c2sc(=Cc3ccccc3)c(=O)n2C1c1ccc(C)c(OC)c1. The summed E-state index contributed by atoms with van der Waals surface area (Å²) in [6, 6.07) is 14.7. The van der Waals surface area contributed by atoms with E-state index in [0.717, 1.165) is 16.7 Å². The lowest BCUT2D eigenvalue weighted by Gasteiger charge is -2.25. The third-order valence-corrected chi connectivity index (χ3v) is 6.35. The van der Waals surface area contributed by atoms with Crippen LogP contribution >= 0.6 is 11.3 Å². The molecule has 6 nitrogen and oxygen atoms in total. The maximum Gasteiger partial charge on any atom is 0.338 e. The number of carbonyl (C=O) groups excluding carboxylic acids is 1. The Hall–Kier alpha value is -3.45. The Morgan fingerprint density at radius 1 is 1.19 bits per heavy atom. The molecule has 7 heteroatoms. The van der Waals surface area contributed by atoms with Gasteiger partial charge in [0.25, 0.3) is 5.56 Å². The fraction of sp³-hybridized carbons (Fsp3) is 0.240. The van der Waals surface area contributed by atoms with Crippen molar-refractivity contribution >= 4 is 23.4 Å². The quantitative estimate of drug-likeness (QED) is 0.563. The minimum atomic E-state index is -0.655. The van der Waals surface area contributed by atoms with Gasteiger partial charge >= 0.3 is 5.97 Å². The van der Waals surface area contributed by atoms with E-state index in [0.29, 0.717) is 26.4 Å². The first kappa shape index (κ1) is 21.8. The minimum absolute atomic E-state index is 0.198. The van der Waals surface area contributed by atoms with Crippen molar-refractivity contribution in [3.05, 3.63) is 96.2 Å². The van der Waals surface area contributed by atoms with E-state index in [9.17, 15) is 9.59 Å². The van der Waals surface area contributed by atoms with E-state index in [1.807, 2.05) is 61.5 Å². The Balaban J connectivity index is 1.98. The second kappa shape index (κ2) is 8.96. The summed E-state index contributed by atoms with van der Waals surface area (Å²) in [7, 11) is 1.60. The van der Waals surface area contributed by atoms with Crippen molar-refractivity contribution < 1.29 is 14.3 Å². The van der Waals surface area contributed by atoms with Gasteiger partial charge in [-0.2, -0.15) is 0 Å². The number of methoxy groups -OCH3 is 1. The van der Waals surface area contributed by atoms with Crippen molar-refractivity contribution in [3.8, 4) is 5.75 Å². The predicted octanol–water partition coefficient (Wildman–Crippen LogP) is 3.12. The van der Waals surface area contributed by atoms with Crippen LogP contribution in [0.5, 0.6) is 5.75 Å². The van der Waals surface area contributed by atoms with Gasteiger partial charge in [-0.1, -0.05) is 53.8 Å². The maximum atomic E-state index is 13.5. The highest BCUT2D eigenvalue weighted by Gasteiger charge is 2.33. The molecule has 0 saturated carbocycles. The van der Waals surface area contributed by atoms with Crippen LogP contribution in [0.3, 0.4) is 0 Å². The lowest BCUT2D eigenvalue weighted by Crippen LogP contribution is -2.40. The third-order valence-electron chi connectivity index (χ3n) is 5.36. The Labute approximate surface area is 189 Å². The van der Waals surface area contributed by atoms with Gasteiger partial charge in [0.15, 0.2) is 4.80 Å². The molecule has 2 aromatic carbocycles. The molecule has 1 unspecified atom stereocenters. The summed E-state index contributed by atoms with van der Waals surface area (Å²) >= 11 is 1.31. The number of allylic oxidation sites excluding steroid dienone is 1. The van der Waals surface area contributed by atoms with Crippen LogP contribution in [0.15, 0.2) is 69.6 Å². The number of nitrogens with zero attached hydrogens (tertiary/aromatic N) is 2. The van der Waals surface area contributed by atoms with Crippen molar-refractivity contribution in [1.82, 2.24) is 4.57 Å². The number of hydrogen-bond donors (Lipinski definition) is 0. The maximum absolute atomic E-state index is 13.5. The van der Waals surface area contributed by atoms with Crippen LogP contribution in [0.25, 0.3) is 6.08 Å². The average molecular weight is 449 g/mol. The molecule has 0 spiro atoms. The van der Waals surface area contributed by atoms with E-state index >= 15 is 0 Å². The average Bonchev–Trinajstić information content (AvgIpc) is 3.08. The van der Waals surface area contributed by atoms with Crippen LogP contribution in [0, 0.1) is 6.92 Å². The molecule has 32 heavy (non-hydrogen) atoms. The number of benzene rings is 2. The normalized spacial score (nSPS) is 15.9. The van der Waals surface area contributed by atoms with Gasteiger partial charge in [-0.05, 0) is 49.6 Å². The molecule has 1 aliphatic heterocycles. The molecule has 1 aromatic heterocycles. The minimum Gasteiger partial charge on any atom is -0.496 e. The van der Waals surface area contributed by atoms with E-state index in [2.05, 4.69) is 4.99 Å². The van der Waals surface area contributed by atoms with E-state index < -0.39 is 12.0 Å². The van der Waals surface area contributed by atoms with Crippen molar-refractivity contribution in [2.75, 3.05) is 13.7 Å². The Kier molecular flexibility index (Phi) is 6.10. The topological polar surface area (TPSA) is 69.9 Å². The van der Waals surface area contributed by atoms with Crippen LogP contribution in [-0.2, 0) is 9.53 Å². The zero-order chi connectivity index (χ0) is 22.8. The second-order valence-corrected chi connectivity index (χ2v) is 8.45. The first-order valence-corrected chi connectivity index (χ1v) is 11.2. The molecule has 0 aliphatic carbocycles. The first-order valence-electron chi connectivity index (χ1n) is 10.3. The van der Waals surface area contributed by atoms with Gasteiger partial charge in [0, 0.05) is 0 Å². The van der Waals surface area contributed by atoms with Crippen molar-refractivity contribution in [2.24, 2.45) is 4.99 Å². The molecular weight excluding hydrogens is 424 g/mol. The molecular formula is C25H24N2O4S. The van der Waals surface area contributed by atoms with E-state index in [4.69, 9.17) is 9.47 Å². The van der Waals surface area contributed by atoms with Crippen LogP contribution in [0.4, 0.5) is 0 Å². The zero-order valence-electron chi connectivity index (χ0n) is 18.4. The van der Waals surface area contributed by atoms with Crippen LogP contribution < -0.4 is 19.6 Å². The van der Waals surface area contributed by atoms with Crippen molar-refractivity contribution in [3.63, 3.8) is 0 Å². The third kappa shape index (κ3) is 3.91. The van der Waals surface area contributed by atoms with E-state index in [1.165, 1.54) is 11.3 Å². The van der Waals surface area contributed by atoms with Crippen molar-refractivity contribution in [1.29, 1.82) is 0 Å². The zero-order valence-corrected chi connectivity index (χ0v) is 19.2. The fourth-order valence-corrected chi connectivity index (χ4v) is 4.86. The molecule has 1 aliphatic rings. The summed E-state index contributed by atoms with van der Waals surface area (Å²) < 4.78 is 13.0. The molecule has 164 valence electrons. The standard InChI is InChI=1S/C25H24N2O4S/c1-5-31-24(29)21-16(3)26-25-27(22(21)18-12-11-15(2)19(14-18)30-4)23(28)20(32-25)13-17-9-7-6-8-10-17/h6-14,22H,5H2,1-4H3. The molecule has 0 saturated heterocycles. The molecule has 2 heterocycles. The first-order chi connectivity index (χ1) is 15.4. The largest absolute Gasteiger partial charge is 0.496 e. The van der Waals surface area contributed by atoms with Gasteiger partial charge in [0.1, 0.15) is 5.75 Å². The summed E-state index contributed by atoms with van der Waals surface area (Å²) in [6.07, 6.45) is 1.85. The lowest BCUT2D eigenvalue weighted by atomic mass is 9.95. The fourth-order valence-electron chi connectivity index (χ4n) is 3.81. The van der Waals surface area contributed by atoms with Gasteiger partial charge in [-0.15, -0.1) is 0 Å². The monoisotopic (exact) mass is 448 g/mol. The molecule has 3 aromatic rings. The smallest absolute Gasteiger partial charge is 0.338 e. The molecule has 1 atom stereocenters. The number of aryl methyl sites for hydroxylation is 1. The van der Waals surface area contributed by atoms with Gasteiger partial charge in [-0.3, -0.25) is 9.36 Å². The number of esters is 1. The highest BCUT2D eigenvalue weighted by Crippen LogP contribution is 2.33. The van der Waals surface area contributed by atoms with Gasteiger partial charge in [0.2, 0.25) is 0 Å². The Morgan fingerprint density at radius 3 is 2.62 bits per heavy atom. The highest BCUT2D eigenvalue weighted by molar-refractivity contribution is 7.07. The van der Waals surface area contributed by atoms with Gasteiger partial charge in [0.05, 0.1) is 35.6 Å². The summed E-state index contributed by atoms with van der Waals surface area (Å²) in [6.45, 7) is 5.71. The van der Waals surface area contributed by atoms with Gasteiger partial charge < -0.3 is 9.47 Å². The summed E-state index contributed by atoms with van der Waals surface area (Å²) in [4.78, 5) is 31.6. The van der Waals surface area contributed by atoms with Gasteiger partial charge in [-0.25, -0.2) is 9.79 Å². The molecule has 0 radical (unpaired) electrons. The molecule has 4 rings (SSSR count). The Bertz CT molecular complexity index is 1380. The number of ether oxygens (including phenoxy) is 2. The summed E-state index contributed by atoms with van der Waals surface area (Å²) in [5, 5.41) is 0. The number of aromatic nitrogens is 1. The number of fused-ring (bicyclic) bond motifs is 1. The predicted molar refractivity (Wildman–Crippen MR) is 125 cm³/mol. The second-order valence-electron chi connectivity index (χ2n) is 7.44. The molecule has 0 N–H and O–H groups in total. The van der Waals surface area contributed by atoms with E-state index in [1.54, 1.807) is 25.5 Å². The molecule has 0 bridgehead atoms. The number of carbonyl (C=O) groups is 1. The Morgan fingerprint density at radius 2 is 1.94 bits per heavy atom. The number of hydrogen-bond acceptors (Lipinski definition) is 6. The number of thiazole rings is 1. The number of rotatable bonds is 5. The highest BCUT2D eigenvalue weighted by atomic mass is 32.1. The van der Waals surface area contributed by atoms with E-state index in [-0.39, 0.29) is 12.2 Å². The lowest BCUT2D eigenvalue weighted by molar-refractivity contribution is -0.139. The summed E-state index contributed by atoms with van der Waals surface area (Å²) in [5.41, 5.74) is 3.35.